The van der Waals surface area contributed by atoms with Crippen LogP contribution in [0.5, 0.6) is 0 Å². The summed E-state index contributed by atoms with van der Waals surface area (Å²) in [6.45, 7) is 4.72. The second kappa shape index (κ2) is 60.8. The third-order valence-corrected chi connectivity index (χ3v) is 17.5. The highest BCUT2D eigenvalue weighted by atomic mass is 31.2. The fraction of sp³-hybridized carbons (Fsp3) is 0.957. The first-order valence-electron chi connectivity index (χ1n) is 35.1. The van der Waals surface area contributed by atoms with Crippen molar-refractivity contribution in [3.63, 3.8) is 0 Å². The number of phosphoric ester groups is 1. The highest BCUT2D eigenvalue weighted by molar-refractivity contribution is 7.45. The van der Waals surface area contributed by atoms with Crippen LogP contribution in [-0.4, -0.2) is 68.5 Å². The molecular formula is C69H139N2O6P. The first-order valence-corrected chi connectivity index (χ1v) is 36.5. The van der Waals surface area contributed by atoms with Crippen LogP contribution in [-0.2, 0) is 18.4 Å². The molecule has 0 rings (SSSR count). The molecule has 0 aromatic rings. The molecule has 2 N–H and O–H groups in total. The van der Waals surface area contributed by atoms with E-state index >= 15 is 0 Å². The number of hydrogen-bond donors (Lipinski definition) is 2. The summed E-state index contributed by atoms with van der Waals surface area (Å²) in [6.07, 6.45) is 77.6. The summed E-state index contributed by atoms with van der Waals surface area (Å²) in [4.78, 5) is 25.6. The number of aliphatic hydroxyl groups excluding tert-OH is 1. The number of carbonyl (C=O) groups is 1. The third kappa shape index (κ3) is 62.8. The maximum atomic E-state index is 13.0. The van der Waals surface area contributed by atoms with Crippen molar-refractivity contribution in [2.24, 2.45) is 0 Å². The molecule has 0 spiro atoms. The van der Waals surface area contributed by atoms with E-state index in [-0.39, 0.29) is 19.1 Å². The van der Waals surface area contributed by atoms with Crippen molar-refractivity contribution in [1.82, 2.24) is 5.32 Å². The summed E-state index contributed by atoms with van der Waals surface area (Å²) in [5, 5.41) is 14.0. The van der Waals surface area contributed by atoms with E-state index in [2.05, 4.69) is 19.2 Å². The zero-order valence-corrected chi connectivity index (χ0v) is 54.3. The maximum Gasteiger partial charge on any atom is 0.268 e. The van der Waals surface area contributed by atoms with Crippen LogP contribution in [0.3, 0.4) is 0 Å². The summed E-state index contributed by atoms with van der Waals surface area (Å²) >= 11 is 0. The number of nitrogens with zero attached hydrogens (tertiary/aromatic N) is 1. The average molecular weight is 1120 g/mol. The number of rotatable bonds is 66. The predicted octanol–water partition coefficient (Wildman–Crippen LogP) is 21.5. The van der Waals surface area contributed by atoms with Crippen molar-refractivity contribution in [3.8, 4) is 0 Å². The quantitative estimate of drug-likeness (QED) is 0.0272. The summed E-state index contributed by atoms with van der Waals surface area (Å²) in [6, 6.07) is -0.884. The fourth-order valence-corrected chi connectivity index (χ4v) is 11.8. The van der Waals surface area contributed by atoms with Gasteiger partial charge in [-0.25, -0.2) is 0 Å². The summed E-state index contributed by atoms with van der Waals surface area (Å²) in [5.41, 5.74) is 0. The molecule has 0 heterocycles. The van der Waals surface area contributed by atoms with Crippen molar-refractivity contribution in [2.75, 3.05) is 40.9 Å². The van der Waals surface area contributed by atoms with Gasteiger partial charge in [0.25, 0.3) is 7.82 Å². The molecule has 8 nitrogen and oxygen atoms in total. The Bertz CT molecular complexity index is 1280. The zero-order valence-electron chi connectivity index (χ0n) is 53.4. The Morgan fingerprint density at radius 2 is 0.692 bits per heavy atom. The monoisotopic (exact) mass is 1120 g/mol. The molecule has 0 aromatic carbocycles. The Morgan fingerprint density at radius 1 is 0.436 bits per heavy atom. The lowest BCUT2D eigenvalue weighted by atomic mass is 10.0. The molecular weight excluding hydrogens is 984 g/mol. The van der Waals surface area contributed by atoms with Crippen LogP contribution in [0, 0.1) is 0 Å². The van der Waals surface area contributed by atoms with E-state index in [1.165, 1.54) is 315 Å². The van der Waals surface area contributed by atoms with Crippen LogP contribution in [0.2, 0.25) is 0 Å². The number of aliphatic hydroxyl groups is 1. The minimum Gasteiger partial charge on any atom is -0.756 e. The SMILES string of the molecule is CCCCCCCCCCCCCCCCCCCCCCCCCCCC/C=C/C(O)C(COP(=O)([O-])OCC[N+](C)(C)C)NC(=O)CCCCCCCCCCCCCCCCCCCCCCCCCCCCCC. The number of quaternary nitrogens is 1. The molecule has 3 unspecified atom stereocenters. The van der Waals surface area contributed by atoms with E-state index in [4.69, 9.17) is 9.05 Å². The first-order chi connectivity index (χ1) is 38.0. The Balaban J connectivity index is 4.03. The number of likely N-dealkylation sites (N-methyl/N-ethyl adjacent to an activating group) is 1. The third-order valence-electron chi connectivity index (χ3n) is 16.5. The second-order valence-corrected chi connectivity index (χ2v) is 27.0. The Kier molecular flexibility index (Phi) is 60.2. The van der Waals surface area contributed by atoms with Gasteiger partial charge in [-0.2, -0.15) is 0 Å². The Hall–Kier alpha value is -0.760. The van der Waals surface area contributed by atoms with Crippen molar-refractivity contribution in [1.29, 1.82) is 0 Å². The number of hydrogen-bond acceptors (Lipinski definition) is 6. The highest BCUT2D eigenvalue weighted by Gasteiger charge is 2.23. The minimum atomic E-state index is -4.60. The fourth-order valence-electron chi connectivity index (χ4n) is 11.0. The molecule has 0 radical (unpaired) electrons. The normalized spacial score (nSPS) is 13.7. The van der Waals surface area contributed by atoms with Gasteiger partial charge in [-0.1, -0.05) is 360 Å². The number of amides is 1. The summed E-state index contributed by atoms with van der Waals surface area (Å²) < 4.78 is 23.5. The van der Waals surface area contributed by atoms with Crippen LogP contribution in [0.25, 0.3) is 0 Å². The number of carbonyl (C=O) groups excluding carboxylic acids is 1. The lowest BCUT2D eigenvalue weighted by Crippen LogP contribution is -2.45. The van der Waals surface area contributed by atoms with Gasteiger partial charge in [0.2, 0.25) is 5.91 Å². The lowest BCUT2D eigenvalue weighted by Gasteiger charge is -2.29. The van der Waals surface area contributed by atoms with Crippen LogP contribution in [0.4, 0.5) is 0 Å². The molecule has 0 saturated heterocycles. The smallest absolute Gasteiger partial charge is 0.268 e. The molecule has 3 atom stereocenters. The largest absolute Gasteiger partial charge is 0.756 e. The number of nitrogens with one attached hydrogen (secondary N) is 1. The molecule has 0 bridgehead atoms. The Morgan fingerprint density at radius 3 is 0.962 bits per heavy atom. The van der Waals surface area contributed by atoms with Crippen LogP contribution < -0.4 is 10.2 Å². The molecule has 0 aromatic heterocycles. The Labute approximate surface area is 488 Å². The number of allylic oxidation sites excluding steroid dienone is 1. The maximum absolute atomic E-state index is 13.0. The molecule has 0 aliphatic heterocycles. The number of unbranched alkanes of at least 4 members (excludes halogenated alkanes) is 53. The summed E-state index contributed by atoms with van der Waals surface area (Å²) in [7, 11) is 1.28. The minimum absolute atomic E-state index is 0.00302. The summed E-state index contributed by atoms with van der Waals surface area (Å²) in [5.74, 6) is -0.187. The van der Waals surface area contributed by atoms with E-state index < -0.39 is 20.0 Å². The van der Waals surface area contributed by atoms with E-state index in [9.17, 15) is 19.4 Å². The average Bonchev–Trinajstić information content (AvgIpc) is 3.41. The standard InChI is InChI=1S/C69H139N2O6P/c1-6-8-10-12-14-16-18-20-22-24-26-28-30-32-34-36-38-40-42-44-46-48-50-52-54-56-58-60-62-68(72)67(66-77-78(74,75)76-65-64-71(3,4)5)70-69(73)63-61-59-57-55-53-51-49-47-45-43-41-39-37-35-33-31-29-27-25-23-21-19-17-15-13-11-9-7-2/h60,62,67-68,72H,6-59,61,63-66H2,1-5H3,(H-,70,73,74,75)/b62-60+. The second-order valence-electron chi connectivity index (χ2n) is 25.6. The molecule has 0 fully saturated rings. The van der Waals surface area contributed by atoms with Gasteiger partial charge in [0.05, 0.1) is 39.9 Å². The molecule has 9 heteroatoms. The predicted molar refractivity (Wildman–Crippen MR) is 339 cm³/mol. The van der Waals surface area contributed by atoms with Gasteiger partial charge < -0.3 is 28.8 Å². The van der Waals surface area contributed by atoms with Gasteiger partial charge in [0.15, 0.2) is 0 Å². The van der Waals surface area contributed by atoms with E-state index in [1.54, 1.807) is 6.08 Å². The topological polar surface area (TPSA) is 108 Å². The molecule has 1 amide bonds. The van der Waals surface area contributed by atoms with Crippen molar-refractivity contribution >= 4 is 13.7 Å². The molecule has 78 heavy (non-hydrogen) atoms. The first kappa shape index (κ1) is 77.2. The van der Waals surface area contributed by atoms with Crippen LogP contribution in [0.1, 0.15) is 373 Å². The van der Waals surface area contributed by atoms with E-state index in [0.717, 1.165) is 38.5 Å². The zero-order chi connectivity index (χ0) is 57.0. The highest BCUT2D eigenvalue weighted by Crippen LogP contribution is 2.38. The van der Waals surface area contributed by atoms with Gasteiger partial charge in [-0.05, 0) is 19.3 Å². The lowest BCUT2D eigenvalue weighted by molar-refractivity contribution is -0.870. The van der Waals surface area contributed by atoms with Crippen molar-refractivity contribution < 1.29 is 32.9 Å². The van der Waals surface area contributed by atoms with Crippen molar-refractivity contribution in [3.05, 3.63) is 12.2 Å². The molecule has 466 valence electrons. The van der Waals surface area contributed by atoms with E-state index in [0.29, 0.717) is 17.4 Å². The van der Waals surface area contributed by atoms with Gasteiger partial charge in [-0.15, -0.1) is 0 Å². The van der Waals surface area contributed by atoms with Gasteiger partial charge in [0.1, 0.15) is 13.2 Å². The van der Waals surface area contributed by atoms with E-state index in [1.807, 2.05) is 27.2 Å². The van der Waals surface area contributed by atoms with Crippen LogP contribution >= 0.6 is 7.82 Å². The molecule has 0 aliphatic carbocycles. The van der Waals surface area contributed by atoms with Crippen molar-refractivity contribution in [2.45, 2.75) is 386 Å². The van der Waals surface area contributed by atoms with Crippen LogP contribution in [0.15, 0.2) is 12.2 Å². The van der Waals surface area contributed by atoms with Gasteiger partial charge >= 0.3 is 0 Å². The van der Waals surface area contributed by atoms with Gasteiger partial charge in [0, 0.05) is 6.42 Å². The molecule has 0 aliphatic rings. The molecule has 0 saturated carbocycles. The number of phosphoric acid groups is 1. The van der Waals surface area contributed by atoms with Gasteiger partial charge in [-0.3, -0.25) is 9.36 Å².